The lowest BCUT2D eigenvalue weighted by Gasteiger charge is -2.10. The van der Waals surface area contributed by atoms with Crippen molar-refractivity contribution in [3.63, 3.8) is 0 Å². The van der Waals surface area contributed by atoms with Crippen molar-refractivity contribution in [3.05, 3.63) is 22.9 Å². The number of nitrogens with two attached hydrogens (primary N) is 1. The van der Waals surface area contributed by atoms with E-state index in [2.05, 4.69) is 32.2 Å². The molecule has 1 atom stereocenters. The fourth-order valence-corrected chi connectivity index (χ4v) is 1.27. The van der Waals surface area contributed by atoms with E-state index >= 15 is 0 Å². The first-order valence-corrected chi connectivity index (χ1v) is 5.04. The maximum absolute atomic E-state index is 11.5. The molecule has 0 bridgehead atoms. The molecule has 1 aromatic heterocycles. The maximum Gasteiger partial charge on any atom is 0.242 e. The van der Waals surface area contributed by atoms with Gasteiger partial charge in [0.2, 0.25) is 5.91 Å². The molecule has 15 heavy (non-hydrogen) atoms. The lowest BCUT2D eigenvalue weighted by atomic mass is 10.2. The molecule has 0 aliphatic rings. The molecule has 1 amide bonds. The van der Waals surface area contributed by atoms with Crippen LogP contribution >= 0.6 is 15.9 Å². The quantitative estimate of drug-likeness (QED) is 0.807. The summed E-state index contributed by atoms with van der Waals surface area (Å²) in [6, 6.07) is 0.986. The third-order valence-electron chi connectivity index (χ3n) is 1.70. The van der Waals surface area contributed by atoms with E-state index < -0.39 is 6.04 Å². The van der Waals surface area contributed by atoms with Gasteiger partial charge in [0.15, 0.2) is 0 Å². The number of pyridine rings is 1. The summed E-state index contributed by atoms with van der Waals surface area (Å²) in [6.45, 7) is 0. The summed E-state index contributed by atoms with van der Waals surface area (Å²) < 4.78 is 0.700. The molecule has 3 N–H and O–H groups in total. The van der Waals surface area contributed by atoms with Crippen molar-refractivity contribution < 1.29 is 4.79 Å². The molecule has 0 aliphatic heterocycles. The molecule has 0 aromatic carbocycles. The number of rotatable bonds is 3. The Kier molecular flexibility index (Phi) is 4.28. The zero-order valence-electron chi connectivity index (χ0n) is 7.90. The van der Waals surface area contributed by atoms with Crippen LogP contribution in [0.15, 0.2) is 22.9 Å². The first kappa shape index (κ1) is 11.7. The molecule has 0 spiro atoms. The molecule has 78 valence electrons. The van der Waals surface area contributed by atoms with Crippen molar-refractivity contribution in [2.24, 2.45) is 5.73 Å². The second kappa shape index (κ2) is 5.49. The highest BCUT2D eigenvalue weighted by atomic mass is 79.9. The SMILES string of the molecule is C#CCC(N)C(=O)Nc1ccncc1Br. The molecule has 1 unspecified atom stereocenters. The smallest absolute Gasteiger partial charge is 0.242 e. The molecule has 0 fully saturated rings. The second-order valence-electron chi connectivity index (χ2n) is 2.86. The normalized spacial score (nSPS) is 11.5. The lowest BCUT2D eigenvalue weighted by Crippen LogP contribution is -2.35. The van der Waals surface area contributed by atoms with Gasteiger partial charge in [-0.1, -0.05) is 0 Å². The third-order valence-corrected chi connectivity index (χ3v) is 2.34. The molecule has 4 nitrogen and oxygen atoms in total. The van der Waals surface area contributed by atoms with Gasteiger partial charge in [-0.25, -0.2) is 0 Å². The Hall–Kier alpha value is -1.38. The van der Waals surface area contributed by atoms with Crippen molar-refractivity contribution in [1.29, 1.82) is 0 Å². The average molecular weight is 268 g/mol. The summed E-state index contributed by atoms with van der Waals surface area (Å²) in [7, 11) is 0. The fourth-order valence-electron chi connectivity index (χ4n) is 0.922. The van der Waals surface area contributed by atoms with Crippen LogP contribution in [0.3, 0.4) is 0 Å². The van der Waals surface area contributed by atoms with E-state index in [0.717, 1.165) is 0 Å². The van der Waals surface area contributed by atoms with Gasteiger partial charge in [-0.05, 0) is 22.0 Å². The Morgan fingerprint density at radius 3 is 3.13 bits per heavy atom. The first-order valence-electron chi connectivity index (χ1n) is 4.24. The zero-order chi connectivity index (χ0) is 11.3. The van der Waals surface area contributed by atoms with Crippen molar-refractivity contribution >= 4 is 27.5 Å². The highest BCUT2D eigenvalue weighted by Crippen LogP contribution is 2.19. The van der Waals surface area contributed by atoms with Gasteiger partial charge >= 0.3 is 0 Å². The minimum Gasteiger partial charge on any atom is -0.324 e. The fraction of sp³-hybridized carbons (Fsp3) is 0.200. The molecule has 0 saturated carbocycles. The Labute approximate surface area is 96.4 Å². The van der Waals surface area contributed by atoms with Gasteiger partial charge < -0.3 is 11.1 Å². The Morgan fingerprint density at radius 1 is 1.80 bits per heavy atom. The van der Waals surface area contributed by atoms with Crippen LogP contribution in [-0.4, -0.2) is 16.9 Å². The minimum atomic E-state index is -0.685. The molecular formula is C10H10BrN3O. The van der Waals surface area contributed by atoms with Gasteiger partial charge in [0, 0.05) is 18.8 Å². The van der Waals surface area contributed by atoms with E-state index in [4.69, 9.17) is 12.2 Å². The van der Waals surface area contributed by atoms with Crippen LogP contribution in [0.25, 0.3) is 0 Å². The average Bonchev–Trinajstić information content (AvgIpc) is 2.21. The maximum atomic E-state index is 11.5. The minimum absolute atomic E-state index is 0.217. The van der Waals surface area contributed by atoms with Gasteiger partial charge in [-0.15, -0.1) is 12.3 Å². The van der Waals surface area contributed by atoms with Gasteiger partial charge in [-0.2, -0.15) is 0 Å². The largest absolute Gasteiger partial charge is 0.324 e. The predicted molar refractivity (Wildman–Crippen MR) is 62.0 cm³/mol. The Balaban J connectivity index is 2.67. The predicted octanol–water partition coefficient (Wildman–Crippen LogP) is 1.13. The van der Waals surface area contributed by atoms with Crippen LogP contribution in [0.1, 0.15) is 6.42 Å². The number of hydrogen-bond donors (Lipinski definition) is 2. The Bertz CT molecular complexity index is 400. The van der Waals surface area contributed by atoms with E-state index in [9.17, 15) is 4.79 Å². The van der Waals surface area contributed by atoms with E-state index in [0.29, 0.717) is 10.2 Å². The molecular weight excluding hydrogens is 258 g/mol. The summed E-state index contributed by atoms with van der Waals surface area (Å²) in [5, 5.41) is 2.65. The van der Waals surface area contributed by atoms with Crippen molar-refractivity contribution in [1.82, 2.24) is 4.98 Å². The molecule has 1 heterocycles. The van der Waals surface area contributed by atoms with Gasteiger partial charge in [0.1, 0.15) is 0 Å². The van der Waals surface area contributed by atoms with Crippen LogP contribution in [0.5, 0.6) is 0 Å². The number of carbonyl (C=O) groups is 1. The van der Waals surface area contributed by atoms with Gasteiger partial charge in [0.05, 0.1) is 16.2 Å². The number of terminal acetylenes is 1. The number of halogens is 1. The molecule has 1 aromatic rings. The number of hydrogen-bond acceptors (Lipinski definition) is 3. The van der Waals surface area contributed by atoms with Crippen molar-refractivity contribution in [2.45, 2.75) is 12.5 Å². The zero-order valence-corrected chi connectivity index (χ0v) is 9.49. The molecule has 5 heteroatoms. The number of amides is 1. The van der Waals surface area contributed by atoms with E-state index in [1.54, 1.807) is 18.5 Å². The monoisotopic (exact) mass is 267 g/mol. The lowest BCUT2D eigenvalue weighted by molar-refractivity contribution is -0.117. The number of nitrogens with one attached hydrogen (secondary N) is 1. The number of carbonyl (C=O) groups excluding carboxylic acids is 1. The summed E-state index contributed by atoms with van der Waals surface area (Å²) in [5.74, 6) is 2.03. The molecule has 0 saturated heterocycles. The standard InChI is InChI=1S/C10H10BrN3O/c1-2-3-8(12)10(15)14-9-4-5-13-6-7(9)11/h1,4-6,8H,3,12H2,(H,13,14,15). The van der Waals surface area contributed by atoms with Gasteiger partial charge in [0.25, 0.3) is 0 Å². The molecule has 1 rings (SSSR count). The summed E-state index contributed by atoms with van der Waals surface area (Å²) in [5.41, 5.74) is 6.17. The Morgan fingerprint density at radius 2 is 2.53 bits per heavy atom. The molecule has 0 radical (unpaired) electrons. The van der Waals surface area contributed by atoms with Crippen LogP contribution < -0.4 is 11.1 Å². The van der Waals surface area contributed by atoms with E-state index in [1.165, 1.54) is 0 Å². The number of anilines is 1. The topological polar surface area (TPSA) is 68.0 Å². The molecule has 0 aliphatic carbocycles. The van der Waals surface area contributed by atoms with Crippen LogP contribution in [0.4, 0.5) is 5.69 Å². The van der Waals surface area contributed by atoms with Gasteiger partial charge in [-0.3, -0.25) is 9.78 Å². The third kappa shape index (κ3) is 3.35. The summed E-state index contributed by atoms with van der Waals surface area (Å²) in [4.78, 5) is 15.4. The number of nitrogens with zero attached hydrogens (tertiary/aromatic N) is 1. The van der Waals surface area contributed by atoms with Crippen LogP contribution in [-0.2, 0) is 4.79 Å². The van der Waals surface area contributed by atoms with Crippen LogP contribution in [0, 0.1) is 12.3 Å². The van der Waals surface area contributed by atoms with E-state index in [1.807, 2.05) is 0 Å². The highest BCUT2D eigenvalue weighted by molar-refractivity contribution is 9.10. The summed E-state index contributed by atoms with van der Waals surface area (Å²) >= 11 is 3.25. The van der Waals surface area contributed by atoms with Crippen molar-refractivity contribution in [2.75, 3.05) is 5.32 Å². The number of aromatic nitrogens is 1. The van der Waals surface area contributed by atoms with Crippen molar-refractivity contribution in [3.8, 4) is 12.3 Å². The summed E-state index contributed by atoms with van der Waals surface area (Å²) in [6.07, 6.45) is 8.44. The van der Waals surface area contributed by atoms with E-state index in [-0.39, 0.29) is 12.3 Å². The van der Waals surface area contributed by atoms with Crippen LogP contribution in [0.2, 0.25) is 0 Å². The highest BCUT2D eigenvalue weighted by Gasteiger charge is 2.13. The first-order chi connectivity index (χ1) is 7.15. The second-order valence-corrected chi connectivity index (χ2v) is 3.71.